The van der Waals surface area contributed by atoms with Crippen LogP contribution in [0.1, 0.15) is 30.5 Å². The maximum Gasteiger partial charge on any atom is 0.220 e. The lowest BCUT2D eigenvalue weighted by atomic mass is 10.0. The summed E-state index contributed by atoms with van der Waals surface area (Å²) in [6.07, 6.45) is 11.0. The molecule has 0 spiro atoms. The van der Waals surface area contributed by atoms with E-state index in [1.807, 2.05) is 18.5 Å². The number of nitrogens with one attached hydrogen (secondary N) is 2. The van der Waals surface area contributed by atoms with E-state index in [0.29, 0.717) is 11.4 Å². The molecular formula is C24H26N8. The summed E-state index contributed by atoms with van der Waals surface area (Å²) in [7, 11) is 0. The van der Waals surface area contributed by atoms with Crippen LogP contribution in [-0.4, -0.2) is 43.1 Å². The van der Waals surface area contributed by atoms with Crippen molar-refractivity contribution in [1.82, 2.24) is 30.0 Å². The molecule has 4 N–H and O–H groups in total. The second kappa shape index (κ2) is 8.76. The number of nitrogen functional groups attached to an aromatic ring is 1. The molecule has 1 saturated heterocycles. The molecule has 0 aliphatic carbocycles. The maximum atomic E-state index is 5.56. The predicted octanol–water partition coefficient (Wildman–Crippen LogP) is 4.07. The molecule has 0 radical (unpaired) electrons. The minimum Gasteiger partial charge on any atom is -0.368 e. The molecular weight excluding hydrogens is 400 g/mol. The van der Waals surface area contributed by atoms with Gasteiger partial charge in [-0.3, -0.25) is 15.0 Å². The number of aromatic nitrogens is 5. The van der Waals surface area contributed by atoms with Gasteiger partial charge in [-0.1, -0.05) is 19.1 Å². The zero-order chi connectivity index (χ0) is 21.9. The Morgan fingerprint density at radius 1 is 1.03 bits per heavy atom. The van der Waals surface area contributed by atoms with E-state index in [1.54, 1.807) is 12.4 Å². The number of piperidine rings is 1. The fraction of sp³-hybridized carbons (Fsp3) is 0.250. The molecule has 0 saturated carbocycles. The van der Waals surface area contributed by atoms with Crippen LogP contribution in [0.15, 0.2) is 55.6 Å². The molecule has 1 aromatic carbocycles. The molecule has 1 aliphatic heterocycles. The summed E-state index contributed by atoms with van der Waals surface area (Å²) in [4.78, 5) is 15.0. The van der Waals surface area contributed by atoms with Crippen LogP contribution in [-0.2, 0) is 6.54 Å². The summed E-state index contributed by atoms with van der Waals surface area (Å²) in [5, 5.41) is 11.7. The minimum atomic E-state index is 0.229. The van der Waals surface area contributed by atoms with Gasteiger partial charge in [-0.15, -0.1) is 0 Å². The first-order chi connectivity index (χ1) is 15.7. The Kier molecular flexibility index (Phi) is 5.51. The normalized spacial score (nSPS) is 14.5. The minimum absolute atomic E-state index is 0.229. The number of H-pyrrole nitrogens is 1. The van der Waals surface area contributed by atoms with Crippen molar-refractivity contribution in [3.8, 4) is 11.1 Å². The fourth-order valence-corrected chi connectivity index (χ4v) is 4.17. The third-order valence-electron chi connectivity index (χ3n) is 5.80. The number of benzene rings is 1. The van der Waals surface area contributed by atoms with Gasteiger partial charge in [0.05, 0.1) is 29.3 Å². The third kappa shape index (κ3) is 4.31. The molecule has 32 heavy (non-hydrogen) atoms. The summed E-state index contributed by atoms with van der Waals surface area (Å²) in [6, 6.07) is 8.50. The Bertz CT molecular complexity index is 1240. The largest absolute Gasteiger partial charge is 0.368 e. The monoisotopic (exact) mass is 426 g/mol. The van der Waals surface area contributed by atoms with Crippen molar-refractivity contribution in [2.45, 2.75) is 25.8 Å². The molecule has 5 rings (SSSR count). The van der Waals surface area contributed by atoms with Crippen molar-refractivity contribution in [3.63, 3.8) is 0 Å². The molecule has 0 bridgehead atoms. The van der Waals surface area contributed by atoms with E-state index in [2.05, 4.69) is 60.1 Å². The summed E-state index contributed by atoms with van der Waals surface area (Å²) >= 11 is 0. The van der Waals surface area contributed by atoms with Crippen molar-refractivity contribution in [3.05, 3.63) is 66.9 Å². The van der Waals surface area contributed by atoms with Crippen molar-refractivity contribution in [1.29, 1.82) is 0 Å². The molecule has 8 nitrogen and oxygen atoms in total. The van der Waals surface area contributed by atoms with Crippen molar-refractivity contribution >= 4 is 28.2 Å². The van der Waals surface area contributed by atoms with Crippen LogP contribution < -0.4 is 11.1 Å². The van der Waals surface area contributed by atoms with E-state index in [0.717, 1.165) is 34.3 Å². The molecule has 0 unspecified atom stereocenters. The first-order valence-corrected chi connectivity index (χ1v) is 10.8. The quantitative estimate of drug-likeness (QED) is 0.426. The van der Waals surface area contributed by atoms with Gasteiger partial charge in [0.25, 0.3) is 0 Å². The molecule has 3 aromatic heterocycles. The second-order valence-corrected chi connectivity index (χ2v) is 8.18. The number of hydrogen-bond acceptors (Lipinski definition) is 7. The summed E-state index contributed by atoms with van der Waals surface area (Å²) < 4.78 is 0. The van der Waals surface area contributed by atoms with Gasteiger partial charge in [-0.2, -0.15) is 5.10 Å². The number of aromatic amines is 1. The van der Waals surface area contributed by atoms with Crippen LogP contribution in [0, 0.1) is 0 Å². The van der Waals surface area contributed by atoms with Gasteiger partial charge < -0.3 is 11.1 Å². The highest BCUT2D eigenvalue weighted by atomic mass is 15.1. The molecule has 1 aliphatic rings. The van der Waals surface area contributed by atoms with Gasteiger partial charge >= 0.3 is 0 Å². The van der Waals surface area contributed by atoms with Crippen LogP contribution in [0.4, 0.5) is 11.6 Å². The lowest BCUT2D eigenvalue weighted by Gasteiger charge is -2.26. The van der Waals surface area contributed by atoms with E-state index >= 15 is 0 Å². The topological polar surface area (TPSA) is 109 Å². The van der Waals surface area contributed by atoms with Crippen LogP contribution >= 0.6 is 0 Å². The fourth-order valence-electron chi connectivity index (χ4n) is 4.17. The Morgan fingerprint density at radius 2 is 1.84 bits per heavy atom. The lowest BCUT2D eigenvalue weighted by Crippen LogP contribution is -2.29. The van der Waals surface area contributed by atoms with Crippen LogP contribution in [0.5, 0.6) is 0 Å². The molecule has 1 fully saturated rings. The summed E-state index contributed by atoms with van der Waals surface area (Å²) in [5.41, 5.74) is 12.0. The molecule has 4 heterocycles. The molecule has 4 aromatic rings. The number of nitrogens with two attached hydrogens (primary N) is 1. The Morgan fingerprint density at radius 3 is 2.66 bits per heavy atom. The van der Waals surface area contributed by atoms with Gasteiger partial charge in [0.1, 0.15) is 5.69 Å². The third-order valence-corrected chi connectivity index (χ3v) is 5.80. The number of anilines is 2. The summed E-state index contributed by atoms with van der Waals surface area (Å²) in [5.74, 6) is 0.229. The number of fused-ring (bicyclic) bond motifs is 1. The van der Waals surface area contributed by atoms with E-state index in [-0.39, 0.29) is 5.95 Å². The standard InChI is InChI=1S/C24H26N8/c1-16(29-20-13-27-24(25)28-14-20)23-21-10-18(5-6-22(21)30-31-23)19-9-17(11-26-12-19)15-32-7-3-2-4-8-32/h5-6,9-14,29H,1-4,7-8,15H2,(H,30,31)(H2,25,27,28). The number of hydrogen-bond donors (Lipinski definition) is 3. The van der Waals surface area contributed by atoms with Crippen molar-refractivity contribution in [2.75, 3.05) is 24.1 Å². The number of rotatable bonds is 6. The van der Waals surface area contributed by atoms with Gasteiger partial charge in [-0.25, -0.2) is 9.97 Å². The number of likely N-dealkylation sites (tertiary alicyclic amines) is 1. The Balaban J connectivity index is 1.40. The predicted molar refractivity (Wildman–Crippen MR) is 128 cm³/mol. The zero-order valence-electron chi connectivity index (χ0n) is 17.9. The van der Waals surface area contributed by atoms with E-state index < -0.39 is 0 Å². The highest BCUT2D eigenvalue weighted by molar-refractivity contribution is 5.94. The molecule has 162 valence electrons. The second-order valence-electron chi connectivity index (χ2n) is 8.18. The Labute approximate surface area is 186 Å². The average molecular weight is 427 g/mol. The lowest BCUT2D eigenvalue weighted by molar-refractivity contribution is 0.220. The van der Waals surface area contributed by atoms with E-state index in [9.17, 15) is 0 Å². The van der Waals surface area contributed by atoms with Gasteiger partial charge in [0.15, 0.2) is 0 Å². The van der Waals surface area contributed by atoms with E-state index in [1.165, 1.54) is 37.9 Å². The average Bonchev–Trinajstić information content (AvgIpc) is 3.25. The van der Waals surface area contributed by atoms with Gasteiger partial charge in [-0.05, 0) is 55.3 Å². The van der Waals surface area contributed by atoms with Crippen LogP contribution in [0.25, 0.3) is 27.7 Å². The molecule has 0 amide bonds. The zero-order valence-corrected chi connectivity index (χ0v) is 17.9. The number of nitrogens with zero attached hydrogens (tertiary/aromatic N) is 5. The molecule has 0 atom stereocenters. The van der Waals surface area contributed by atoms with Crippen molar-refractivity contribution in [2.24, 2.45) is 0 Å². The van der Waals surface area contributed by atoms with Gasteiger partial charge in [0.2, 0.25) is 5.95 Å². The van der Waals surface area contributed by atoms with Crippen LogP contribution in [0.2, 0.25) is 0 Å². The van der Waals surface area contributed by atoms with Crippen molar-refractivity contribution < 1.29 is 0 Å². The maximum absolute atomic E-state index is 5.56. The van der Waals surface area contributed by atoms with E-state index in [4.69, 9.17) is 5.73 Å². The smallest absolute Gasteiger partial charge is 0.220 e. The SMILES string of the molecule is C=C(Nc1cnc(N)nc1)c1n[nH]c2ccc(-c3cncc(CN4CCCCC4)c3)cc12. The highest BCUT2D eigenvalue weighted by Crippen LogP contribution is 2.29. The summed E-state index contributed by atoms with van der Waals surface area (Å²) in [6.45, 7) is 7.44. The number of pyridine rings is 1. The highest BCUT2D eigenvalue weighted by Gasteiger charge is 2.13. The van der Waals surface area contributed by atoms with Gasteiger partial charge in [0, 0.05) is 29.9 Å². The van der Waals surface area contributed by atoms with Crippen LogP contribution in [0.3, 0.4) is 0 Å². The molecule has 8 heteroatoms. The first kappa shape index (κ1) is 20.1. The first-order valence-electron chi connectivity index (χ1n) is 10.8. The Hall–Kier alpha value is -3.78.